The third kappa shape index (κ3) is 5.96. The molecule has 1 aliphatic rings. The fourth-order valence-corrected chi connectivity index (χ4v) is 5.81. The molecule has 0 fully saturated rings. The Kier molecular flexibility index (Phi) is 8.31. The zero-order valence-electron chi connectivity index (χ0n) is 22.4. The number of carbonyl (C=O) groups excluding carboxylic acids is 1. The van der Waals surface area contributed by atoms with Crippen LogP contribution in [0.3, 0.4) is 0 Å². The predicted octanol–water partition coefficient (Wildman–Crippen LogP) is 5.86. The van der Waals surface area contributed by atoms with Crippen LogP contribution in [0.25, 0.3) is 0 Å². The zero-order valence-corrected chi connectivity index (χ0v) is 23.3. The van der Waals surface area contributed by atoms with Crippen molar-refractivity contribution in [2.75, 3.05) is 17.2 Å². The summed E-state index contributed by atoms with van der Waals surface area (Å²) >= 11 is 0. The largest absolute Gasteiger partial charge is 0.492 e. The van der Waals surface area contributed by atoms with Gasteiger partial charge in [-0.3, -0.25) is 9.10 Å². The highest BCUT2D eigenvalue weighted by molar-refractivity contribution is 7.92. The van der Waals surface area contributed by atoms with E-state index in [4.69, 9.17) is 9.47 Å². The van der Waals surface area contributed by atoms with E-state index in [0.29, 0.717) is 30.0 Å². The molecule has 38 heavy (non-hydrogen) atoms. The molecule has 7 nitrogen and oxygen atoms in total. The minimum Gasteiger partial charge on any atom is -0.492 e. The number of amides is 1. The predicted molar refractivity (Wildman–Crippen MR) is 150 cm³/mol. The van der Waals surface area contributed by atoms with Crippen molar-refractivity contribution < 1.29 is 22.7 Å². The summed E-state index contributed by atoms with van der Waals surface area (Å²) in [5, 5.41) is 3.20. The summed E-state index contributed by atoms with van der Waals surface area (Å²) in [7, 11) is -3.59. The monoisotopic (exact) mass is 536 g/mol. The molecular weight excluding hydrogens is 500 g/mol. The van der Waals surface area contributed by atoms with Crippen molar-refractivity contribution in [1.82, 2.24) is 5.32 Å². The van der Waals surface area contributed by atoms with Gasteiger partial charge in [0.05, 0.1) is 31.1 Å². The minimum atomic E-state index is -3.59. The van der Waals surface area contributed by atoms with Crippen LogP contribution in [0.2, 0.25) is 0 Å². The Hall–Kier alpha value is -3.52. The lowest BCUT2D eigenvalue weighted by Gasteiger charge is -2.41. The Morgan fingerprint density at radius 2 is 1.66 bits per heavy atom. The number of fused-ring (bicyclic) bond motifs is 1. The highest BCUT2D eigenvalue weighted by atomic mass is 32.2. The Morgan fingerprint density at radius 3 is 2.32 bits per heavy atom. The number of benzene rings is 3. The van der Waals surface area contributed by atoms with Gasteiger partial charge in [-0.15, -0.1) is 0 Å². The summed E-state index contributed by atoms with van der Waals surface area (Å²) in [4.78, 5) is 13.3. The summed E-state index contributed by atoms with van der Waals surface area (Å²) in [6.45, 7) is 6.62. The molecule has 0 bridgehead atoms. The van der Waals surface area contributed by atoms with Crippen molar-refractivity contribution in [3.8, 4) is 11.5 Å². The van der Waals surface area contributed by atoms with Gasteiger partial charge in [0.2, 0.25) is 10.0 Å². The first-order valence-electron chi connectivity index (χ1n) is 13.1. The van der Waals surface area contributed by atoms with Gasteiger partial charge in [0, 0.05) is 17.5 Å². The number of ether oxygens (including phenoxy) is 2. The highest BCUT2D eigenvalue weighted by Gasteiger charge is 2.39. The normalized spacial score (nSPS) is 16.2. The SMILES string of the molecule is CCOc1ccccc1N(Cc1ccc(C(=O)N[C@@H]2CC(CC)(CC)Oc3ccccc32)cc1)S(C)(=O)=O. The van der Waals surface area contributed by atoms with E-state index in [1.807, 2.05) is 37.3 Å². The van der Waals surface area contributed by atoms with Gasteiger partial charge in [0.15, 0.2) is 0 Å². The second-order valence-electron chi connectivity index (χ2n) is 9.63. The van der Waals surface area contributed by atoms with Crippen LogP contribution in [-0.4, -0.2) is 32.8 Å². The lowest BCUT2D eigenvalue weighted by molar-refractivity contribution is 0.0227. The molecule has 1 heterocycles. The molecule has 3 aromatic carbocycles. The van der Waals surface area contributed by atoms with Gasteiger partial charge >= 0.3 is 0 Å². The van der Waals surface area contributed by atoms with Crippen LogP contribution in [0.4, 0.5) is 5.69 Å². The molecule has 1 aliphatic heterocycles. The smallest absolute Gasteiger partial charge is 0.251 e. The third-order valence-corrected chi connectivity index (χ3v) is 8.29. The van der Waals surface area contributed by atoms with Crippen LogP contribution in [-0.2, 0) is 16.6 Å². The molecule has 1 atom stereocenters. The van der Waals surface area contributed by atoms with Crippen LogP contribution in [0.5, 0.6) is 11.5 Å². The van der Waals surface area contributed by atoms with E-state index in [9.17, 15) is 13.2 Å². The maximum atomic E-state index is 13.3. The molecule has 0 aromatic heterocycles. The lowest BCUT2D eigenvalue weighted by atomic mass is 9.83. The molecule has 0 unspecified atom stereocenters. The van der Waals surface area contributed by atoms with Crippen LogP contribution >= 0.6 is 0 Å². The van der Waals surface area contributed by atoms with Gasteiger partial charge in [0.1, 0.15) is 17.1 Å². The van der Waals surface area contributed by atoms with Gasteiger partial charge in [-0.1, -0.05) is 56.3 Å². The highest BCUT2D eigenvalue weighted by Crippen LogP contribution is 2.42. The number of hydrogen-bond donors (Lipinski definition) is 1. The molecule has 1 amide bonds. The molecule has 202 valence electrons. The van der Waals surface area contributed by atoms with Crippen molar-refractivity contribution in [3.63, 3.8) is 0 Å². The van der Waals surface area contributed by atoms with E-state index >= 15 is 0 Å². The number of sulfonamides is 1. The maximum Gasteiger partial charge on any atom is 0.251 e. The molecule has 8 heteroatoms. The number of nitrogens with zero attached hydrogens (tertiary/aromatic N) is 1. The molecular formula is C30H36N2O5S. The van der Waals surface area contributed by atoms with Crippen molar-refractivity contribution in [2.45, 2.75) is 58.2 Å². The number of hydrogen-bond acceptors (Lipinski definition) is 5. The molecule has 0 aliphatic carbocycles. The molecule has 4 rings (SSSR count). The van der Waals surface area contributed by atoms with E-state index in [0.717, 1.165) is 29.7 Å². The van der Waals surface area contributed by atoms with E-state index in [1.54, 1.807) is 42.5 Å². The fourth-order valence-electron chi connectivity index (χ4n) is 4.92. The van der Waals surface area contributed by atoms with Gasteiger partial charge in [-0.25, -0.2) is 8.42 Å². The van der Waals surface area contributed by atoms with Crippen molar-refractivity contribution in [2.24, 2.45) is 0 Å². The maximum absolute atomic E-state index is 13.3. The first-order valence-corrected chi connectivity index (χ1v) is 14.9. The molecule has 0 saturated heterocycles. The van der Waals surface area contributed by atoms with Gasteiger partial charge in [-0.2, -0.15) is 0 Å². The second-order valence-corrected chi connectivity index (χ2v) is 11.5. The number of carbonyl (C=O) groups is 1. The Labute approximate surface area is 225 Å². The van der Waals surface area contributed by atoms with Gasteiger partial charge in [-0.05, 0) is 55.7 Å². The summed E-state index contributed by atoms with van der Waals surface area (Å²) < 4.78 is 38.7. The second kappa shape index (κ2) is 11.5. The van der Waals surface area contributed by atoms with E-state index in [1.165, 1.54) is 10.6 Å². The molecule has 3 aromatic rings. The standard InChI is InChI=1S/C30H36N2O5S/c1-5-30(6-2)20-25(24-12-8-10-14-27(24)37-30)31-29(33)23-18-16-22(17-19-23)21-32(38(4,34)35)26-13-9-11-15-28(26)36-7-3/h8-19,25H,5-7,20-21H2,1-4H3,(H,31,33)/t25-/m1/s1. The van der Waals surface area contributed by atoms with Gasteiger partial charge in [0.25, 0.3) is 5.91 Å². The topological polar surface area (TPSA) is 84.9 Å². The Balaban J connectivity index is 1.53. The van der Waals surface area contributed by atoms with Gasteiger partial charge < -0.3 is 14.8 Å². The van der Waals surface area contributed by atoms with Crippen LogP contribution in [0.1, 0.15) is 67.6 Å². The van der Waals surface area contributed by atoms with E-state index in [2.05, 4.69) is 19.2 Å². The number of nitrogens with one attached hydrogen (secondary N) is 1. The van der Waals surface area contributed by atoms with Crippen LogP contribution < -0.4 is 19.1 Å². The lowest BCUT2D eigenvalue weighted by Crippen LogP contribution is -2.44. The minimum absolute atomic E-state index is 0.119. The molecule has 0 radical (unpaired) electrons. The van der Waals surface area contributed by atoms with Crippen LogP contribution in [0.15, 0.2) is 72.8 Å². The van der Waals surface area contributed by atoms with E-state index in [-0.39, 0.29) is 24.1 Å². The summed E-state index contributed by atoms with van der Waals surface area (Å²) in [5.74, 6) is 1.14. The number of rotatable bonds is 10. The zero-order chi connectivity index (χ0) is 27.3. The van der Waals surface area contributed by atoms with Crippen molar-refractivity contribution in [1.29, 1.82) is 0 Å². The molecule has 0 saturated carbocycles. The first kappa shape index (κ1) is 27.5. The quantitative estimate of drug-likeness (QED) is 0.351. The summed E-state index contributed by atoms with van der Waals surface area (Å²) in [6, 6.07) is 21.8. The Bertz CT molecular complexity index is 1370. The molecule has 0 spiro atoms. The average Bonchev–Trinajstić information content (AvgIpc) is 2.92. The van der Waals surface area contributed by atoms with Crippen molar-refractivity contribution in [3.05, 3.63) is 89.5 Å². The first-order chi connectivity index (χ1) is 18.2. The van der Waals surface area contributed by atoms with Crippen LogP contribution in [0, 0.1) is 0 Å². The van der Waals surface area contributed by atoms with E-state index < -0.39 is 10.0 Å². The number of para-hydroxylation sites is 3. The number of anilines is 1. The average molecular weight is 537 g/mol. The fraction of sp³-hybridized carbons (Fsp3) is 0.367. The summed E-state index contributed by atoms with van der Waals surface area (Å²) in [6.07, 6.45) is 3.57. The third-order valence-electron chi connectivity index (χ3n) is 7.17. The molecule has 1 N–H and O–H groups in total. The van der Waals surface area contributed by atoms with Crippen molar-refractivity contribution >= 4 is 21.6 Å². The summed E-state index contributed by atoms with van der Waals surface area (Å²) in [5.41, 5.74) is 2.41. The Morgan fingerprint density at radius 1 is 1.00 bits per heavy atom.